The topological polar surface area (TPSA) is 157 Å². The highest BCUT2D eigenvalue weighted by molar-refractivity contribution is 7.52. The van der Waals surface area contributed by atoms with Gasteiger partial charge in [0.2, 0.25) is 17.7 Å². The lowest BCUT2D eigenvalue weighted by Crippen LogP contribution is -2.58. The van der Waals surface area contributed by atoms with Crippen LogP contribution in [0.25, 0.3) is 0 Å². The van der Waals surface area contributed by atoms with Gasteiger partial charge in [0.05, 0.1) is 6.04 Å². The number of carbonyl (C=O) groups excluding carboxylic acids is 3. The maximum Gasteiger partial charge on any atom is 0.347 e. The number of rotatable bonds is 12. The van der Waals surface area contributed by atoms with Crippen LogP contribution in [0, 0.1) is 11.8 Å². The van der Waals surface area contributed by atoms with Crippen molar-refractivity contribution in [1.29, 1.82) is 0 Å². The SMILES string of the molecule is CCC[C@H](NC(=O)[C@@H](NC(=O)[C@@H](NC)C(C)C)C(C)C)C(=O)N[C@@H](C)P(=O)(O)O. The largest absolute Gasteiger partial charge is 0.347 e. The van der Waals surface area contributed by atoms with Gasteiger partial charge in [0.1, 0.15) is 17.9 Å². The van der Waals surface area contributed by atoms with Gasteiger partial charge < -0.3 is 31.1 Å². The third-order valence-corrected chi connectivity index (χ3v) is 5.71. The molecule has 0 aliphatic rings. The Kier molecular flexibility index (Phi) is 11.6. The van der Waals surface area contributed by atoms with Gasteiger partial charge in [-0.05, 0) is 32.2 Å². The second-order valence-corrected chi connectivity index (χ2v) is 9.82. The van der Waals surface area contributed by atoms with Gasteiger partial charge in [-0.15, -0.1) is 0 Å². The van der Waals surface area contributed by atoms with Crippen molar-refractivity contribution in [2.45, 2.75) is 78.3 Å². The molecular weight excluding hydrogens is 399 g/mol. The molecule has 0 aromatic heterocycles. The molecule has 3 amide bonds. The summed E-state index contributed by atoms with van der Waals surface area (Å²) in [4.78, 5) is 56.1. The van der Waals surface area contributed by atoms with E-state index in [1.807, 2.05) is 20.8 Å². The monoisotopic (exact) mass is 436 g/mol. The van der Waals surface area contributed by atoms with Crippen LogP contribution in [0.2, 0.25) is 0 Å². The molecule has 170 valence electrons. The Morgan fingerprint density at radius 1 is 0.828 bits per heavy atom. The Labute approximate surface area is 173 Å². The predicted molar refractivity (Wildman–Crippen MR) is 111 cm³/mol. The summed E-state index contributed by atoms with van der Waals surface area (Å²) in [5, 5.41) is 10.5. The molecule has 0 bridgehead atoms. The van der Waals surface area contributed by atoms with Crippen LogP contribution in [-0.4, -0.2) is 58.5 Å². The lowest BCUT2D eigenvalue weighted by Gasteiger charge is -2.28. The van der Waals surface area contributed by atoms with E-state index in [1.54, 1.807) is 20.9 Å². The van der Waals surface area contributed by atoms with Gasteiger partial charge in [0.15, 0.2) is 0 Å². The maximum atomic E-state index is 12.8. The molecule has 0 aliphatic heterocycles. The lowest BCUT2D eigenvalue weighted by molar-refractivity contribution is -0.134. The molecule has 29 heavy (non-hydrogen) atoms. The van der Waals surface area contributed by atoms with Crippen molar-refractivity contribution in [2.24, 2.45) is 11.8 Å². The average molecular weight is 436 g/mol. The molecule has 0 radical (unpaired) electrons. The van der Waals surface area contributed by atoms with E-state index in [0.29, 0.717) is 6.42 Å². The molecule has 0 saturated heterocycles. The van der Waals surface area contributed by atoms with E-state index >= 15 is 0 Å². The first-order valence-electron chi connectivity index (χ1n) is 9.89. The number of nitrogens with one attached hydrogen (secondary N) is 4. The van der Waals surface area contributed by atoms with Gasteiger partial charge in [-0.2, -0.15) is 0 Å². The minimum atomic E-state index is -4.49. The average Bonchev–Trinajstić information content (AvgIpc) is 2.58. The summed E-state index contributed by atoms with van der Waals surface area (Å²) < 4.78 is 11.3. The van der Waals surface area contributed by atoms with E-state index in [-0.39, 0.29) is 24.2 Å². The molecule has 11 heteroatoms. The van der Waals surface area contributed by atoms with Gasteiger partial charge in [0.25, 0.3) is 0 Å². The highest BCUT2D eigenvalue weighted by atomic mass is 31.2. The van der Waals surface area contributed by atoms with Crippen LogP contribution >= 0.6 is 7.60 Å². The normalized spacial score (nSPS) is 16.1. The molecule has 0 aromatic carbocycles. The molecule has 0 saturated carbocycles. The van der Waals surface area contributed by atoms with Crippen molar-refractivity contribution in [3.8, 4) is 0 Å². The van der Waals surface area contributed by atoms with Crippen LogP contribution in [0.1, 0.15) is 54.4 Å². The fourth-order valence-corrected chi connectivity index (χ4v) is 3.05. The second-order valence-electron chi connectivity index (χ2n) is 7.86. The molecule has 0 aliphatic carbocycles. The van der Waals surface area contributed by atoms with E-state index in [4.69, 9.17) is 9.79 Å². The number of hydrogen-bond acceptors (Lipinski definition) is 5. The van der Waals surface area contributed by atoms with Crippen LogP contribution in [-0.2, 0) is 18.9 Å². The van der Waals surface area contributed by atoms with E-state index < -0.39 is 43.3 Å². The molecule has 10 nitrogen and oxygen atoms in total. The standard InChI is InChI=1S/C18H37N4O6P/c1-8-9-13(16(23)20-12(6)29(26,27)28)21-18(25)15(11(4)5)22-17(24)14(19-7)10(2)3/h10-15,19H,8-9H2,1-7H3,(H,20,23)(H,21,25)(H,22,24)(H2,26,27,28)/t12-,13+,14+,15+/m1/s1. The second kappa shape index (κ2) is 12.3. The Balaban J connectivity index is 5.30. The minimum Gasteiger partial charge on any atom is -0.343 e. The van der Waals surface area contributed by atoms with Gasteiger partial charge in [-0.1, -0.05) is 41.0 Å². The van der Waals surface area contributed by atoms with Gasteiger partial charge in [0, 0.05) is 0 Å². The van der Waals surface area contributed by atoms with Gasteiger partial charge in [-0.3, -0.25) is 18.9 Å². The molecule has 6 N–H and O–H groups in total. The summed E-state index contributed by atoms with van der Waals surface area (Å²) in [6.45, 7) is 10.3. The fourth-order valence-electron chi connectivity index (χ4n) is 2.75. The Bertz CT molecular complexity index is 607. The first-order valence-corrected chi connectivity index (χ1v) is 11.6. The van der Waals surface area contributed by atoms with Crippen molar-refractivity contribution in [3.63, 3.8) is 0 Å². The summed E-state index contributed by atoms with van der Waals surface area (Å²) in [6.07, 6.45) is 0.853. The summed E-state index contributed by atoms with van der Waals surface area (Å²) in [5.74, 6) is -3.10. The fraction of sp³-hybridized carbons (Fsp3) is 0.833. The first-order chi connectivity index (χ1) is 13.3. The molecule has 0 rings (SSSR count). The summed E-state index contributed by atoms with van der Waals surface area (Å²) in [6, 6.07) is -2.30. The number of amides is 3. The summed E-state index contributed by atoms with van der Waals surface area (Å²) >= 11 is 0. The first kappa shape index (κ1) is 27.5. The van der Waals surface area contributed by atoms with E-state index in [2.05, 4.69) is 21.3 Å². The Morgan fingerprint density at radius 2 is 1.31 bits per heavy atom. The van der Waals surface area contributed by atoms with Gasteiger partial charge in [-0.25, -0.2) is 0 Å². The number of carbonyl (C=O) groups is 3. The van der Waals surface area contributed by atoms with E-state index in [0.717, 1.165) is 0 Å². The van der Waals surface area contributed by atoms with Crippen molar-refractivity contribution in [2.75, 3.05) is 7.05 Å². The number of hydrogen-bond donors (Lipinski definition) is 6. The maximum absolute atomic E-state index is 12.8. The molecular formula is C18H37N4O6P. The van der Waals surface area contributed by atoms with E-state index in [9.17, 15) is 18.9 Å². The highest BCUT2D eigenvalue weighted by Crippen LogP contribution is 2.39. The van der Waals surface area contributed by atoms with Gasteiger partial charge >= 0.3 is 7.60 Å². The molecule has 0 unspecified atom stereocenters. The zero-order valence-corrected chi connectivity index (χ0v) is 19.2. The van der Waals surface area contributed by atoms with Crippen molar-refractivity contribution < 1.29 is 28.7 Å². The van der Waals surface area contributed by atoms with Crippen LogP contribution in [0.5, 0.6) is 0 Å². The lowest BCUT2D eigenvalue weighted by atomic mass is 9.99. The zero-order valence-electron chi connectivity index (χ0n) is 18.4. The Morgan fingerprint density at radius 3 is 1.69 bits per heavy atom. The molecule has 0 fully saturated rings. The highest BCUT2D eigenvalue weighted by Gasteiger charge is 2.33. The molecule has 4 atom stereocenters. The van der Waals surface area contributed by atoms with Crippen LogP contribution in [0.3, 0.4) is 0 Å². The number of likely N-dealkylation sites (N-methyl/N-ethyl adjacent to an activating group) is 1. The summed E-state index contributed by atoms with van der Waals surface area (Å²) in [5.41, 5.74) is 0. The third kappa shape index (κ3) is 9.25. The smallest absolute Gasteiger partial charge is 0.343 e. The minimum absolute atomic E-state index is 0.0173. The van der Waals surface area contributed by atoms with E-state index in [1.165, 1.54) is 6.92 Å². The van der Waals surface area contributed by atoms with Crippen LogP contribution in [0.15, 0.2) is 0 Å². The van der Waals surface area contributed by atoms with Crippen molar-refractivity contribution in [3.05, 3.63) is 0 Å². The Hall–Kier alpha value is -1.48. The van der Waals surface area contributed by atoms with Crippen molar-refractivity contribution >= 4 is 25.3 Å². The molecule has 0 spiro atoms. The van der Waals surface area contributed by atoms with Crippen molar-refractivity contribution in [1.82, 2.24) is 21.3 Å². The predicted octanol–water partition coefficient (Wildman–Crippen LogP) is 0.296. The third-order valence-electron chi connectivity index (χ3n) is 4.57. The van der Waals surface area contributed by atoms with Crippen LogP contribution in [0.4, 0.5) is 0 Å². The zero-order chi connectivity index (χ0) is 22.9. The molecule has 0 aromatic rings. The quantitative estimate of drug-likeness (QED) is 0.240. The summed E-state index contributed by atoms with van der Waals surface area (Å²) in [7, 11) is -2.82. The molecule has 0 heterocycles. The van der Waals surface area contributed by atoms with Crippen LogP contribution < -0.4 is 21.3 Å².